The van der Waals surface area contributed by atoms with Crippen molar-refractivity contribution in [2.75, 3.05) is 0 Å². The normalized spacial score (nSPS) is 12.1. The van der Waals surface area contributed by atoms with Gasteiger partial charge in [0.05, 0.1) is 5.69 Å². The van der Waals surface area contributed by atoms with Crippen LogP contribution < -0.4 is 4.74 Å². The van der Waals surface area contributed by atoms with E-state index in [1.165, 1.54) is 11.1 Å². The second-order valence-electron chi connectivity index (χ2n) is 7.10. The van der Waals surface area contributed by atoms with Crippen molar-refractivity contribution in [1.82, 2.24) is 19.7 Å². The van der Waals surface area contributed by atoms with Gasteiger partial charge in [-0.15, -0.1) is 21.5 Å². The fourth-order valence-electron chi connectivity index (χ4n) is 3.20. The summed E-state index contributed by atoms with van der Waals surface area (Å²) in [6.07, 6.45) is -0.199. The van der Waals surface area contributed by atoms with Crippen molar-refractivity contribution in [2.45, 2.75) is 44.3 Å². The van der Waals surface area contributed by atoms with E-state index in [2.05, 4.69) is 74.2 Å². The van der Waals surface area contributed by atoms with Gasteiger partial charge in [-0.25, -0.2) is 4.98 Å². The van der Waals surface area contributed by atoms with E-state index < -0.39 is 0 Å². The molecule has 160 valence electrons. The minimum absolute atomic E-state index is 0.199. The smallest absolute Gasteiger partial charge is 0.191 e. The van der Waals surface area contributed by atoms with Crippen LogP contribution in [0, 0.1) is 6.92 Å². The lowest BCUT2D eigenvalue weighted by atomic mass is 10.1. The molecule has 0 saturated carbocycles. The second-order valence-corrected chi connectivity index (χ2v) is 9.82. The van der Waals surface area contributed by atoms with Crippen LogP contribution in [0.15, 0.2) is 63.5 Å². The van der Waals surface area contributed by atoms with Crippen LogP contribution in [-0.2, 0) is 12.3 Å². The van der Waals surface area contributed by atoms with Gasteiger partial charge in [-0.3, -0.25) is 0 Å². The monoisotopic (exact) mass is 514 g/mol. The molecule has 0 fully saturated rings. The first-order chi connectivity index (χ1) is 15.0. The maximum atomic E-state index is 6.07. The Bertz CT molecular complexity index is 1160. The topological polar surface area (TPSA) is 52.8 Å². The molecule has 2 aromatic carbocycles. The summed E-state index contributed by atoms with van der Waals surface area (Å²) in [5, 5.41) is 12.9. The number of aromatic nitrogens is 4. The van der Waals surface area contributed by atoms with E-state index in [9.17, 15) is 0 Å². The van der Waals surface area contributed by atoms with E-state index in [0.29, 0.717) is 0 Å². The van der Waals surface area contributed by atoms with Crippen LogP contribution in [0.1, 0.15) is 37.0 Å². The highest BCUT2D eigenvalue weighted by molar-refractivity contribution is 9.10. The number of halogens is 1. The van der Waals surface area contributed by atoms with Crippen LogP contribution in [0.2, 0.25) is 0 Å². The van der Waals surface area contributed by atoms with E-state index in [-0.39, 0.29) is 6.10 Å². The Balaban J connectivity index is 1.44. The fourth-order valence-corrected chi connectivity index (χ4v) is 5.29. The van der Waals surface area contributed by atoms with Gasteiger partial charge in [-0.2, -0.15) is 0 Å². The third-order valence-electron chi connectivity index (χ3n) is 4.72. The highest BCUT2D eigenvalue weighted by Gasteiger charge is 2.19. The minimum Gasteiger partial charge on any atom is -0.483 e. The van der Waals surface area contributed by atoms with Gasteiger partial charge in [0.15, 0.2) is 17.1 Å². The van der Waals surface area contributed by atoms with Crippen molar-refractivity contribution >= 4 is 39.0 Å². The zero-order valence-corrected chi connectivity index (χ0v) is 20.8. The molecule has 0 amide bonds. The number of benzene rings is 2. The van der Waals surface area contributed by atoms with E-state index in [1.54, 1.807) is 23.1 Å². The zero-order chi connectivity index (χ0) is 21.8. The Kier molecular flexibility index (Phi) is 7.09. The SMILES string of the molecule is CCn1c(SCc2csc(-c3cccc(C)c3)n2)nnc1C(C)Oc1ccc(Br)cc1. The van der Waals surface area contributed by atoms with Gasteiger partial charge in [0.2, 0.25) is 0 Å². The first-order valence-electron chi connectivity index (χ1n) is 10.0. The van der Waals surface area contributed by atoms with Gasteiger partial charge in [-0.1, -0.05) is 51.5 Å². The van der Waals surface area contributed by atoms with Gasteiger partial charge in [-0.05, 0) is 51.1 Å². The molecule has 0 aliphatic heterocycles. The lowest BCUT2D eigenvalue weighted by Gasteiger charge is -2.15. The molecule has 1 atom stereocenters. The maximum absolute atomic E-state index is 6.07. The lowest BCUT2D eigenvalue weighted by molar-refractivity contribution is 0.210. The van der Waals surface area contributed by atoms with Crippen molar-refractivity contribution < 1.29 is 4.74 Å². The Hall–Kier alpha value is -2.16. The molecule has 0 N–H and O–H groups in total. The van der Waals surface area contributed by atoms with Crippen molar-refractivity contribution in [1.29, 1.82) is 0 Å². The average molecular weight is 516 g/mol. The number of thioether (sulfide) groups is 1. The van der Waals surface area contributed by atoms with E-state index in [4.69, 9.17) is 9.72 Å². The molecule has 0 spiro atoms. The summed E-state index contributed by atoms with van der Waals surface area (Å²) in [5.41, 5.74) is 3.46. The second kappa shape index (κ2) is 9.97. The summed E-state index contributed by atoms with van der Waals surface area (Å²) in [4.78, 5) is 4.81. The number of aryl methyl sites for hydroxylation is 1. The van der Waals surface area contributed by atoms with Crippen molar-refractivity contribution in [3.05, 3.63) is 75.5 Å². The molecule has 0 saturated heterocycles. The average Bonchev–Trinajstić information content (AvgIpc) is 3.40. The largest absolute Gasteiger partial charge is 0.483 e. The molecule has 31 heavy (non-hydrogen) atoms. The Morgan fingerprint density at radius 3 is 2.71 bits per heavy atom. The number of nitrogens with zero attached hydrogens (tertiary/aromatic N) is 4. The number of hydrogen-bond acceptors (Lipinski definition) is 6. The van der Waals surface area contributed by atoms with Crippen LogP contribution in [0.3, 0.4) is 0 Å². The first kappa shape index (κ1) is 22.0. The Morgan fingerprint density at radius 2 is 1.97 bits per heavy atom. The van der Waals surface area contributed by atoms with Crippen LogP contribution >= 0.6 is 39.0 Å². The number of rotatable bonds is 8. The Labute approximate surface area is 199 Å². The zero-order valence-electron chi connectivity index (χ0n) is 17.6. The number of ether oxygens (including phenoxy) is 1. The van der Waals surface area contributed by atoms with Gasteiger partial charge in [0.1, 0.15) is 10.8 Å². The summed E-state index contributed by atoms with van der Waals surface area (Å²) < 4.78 is 9.21. The molecule has 0 radical (unpaired) electrons. The summed E-state index contributed by atoms with van der Waals surface area (Å²) in [6, 6.07) is 16.3. The summed E-state index contributed by atoms with van der Waals surface area (Å²) >= 11 is 6.78. The number of thiazole rings is 1. The third-order valence-corrected chi connectivity index (χ3v) is 7.19. The van der Waals surface area contributed by atoms with E-state index in [1.807, 2.05) is 31.2 Å². The standard InChI is InChI=1S/C23H23BrN4OS2/c1-4-28-21(16(3)29-20-10-8-18(24)9-11-20)26-27-23(28)31-14-19-13-30-22(25-19)17-7-5-6-15(2)12-17/h5-13,16H,4,14H2,1-3H3. The lowest BCUT2D eigenvalue weighted by Crippen LogP contribution is -2.11. The van der Waals surface area contributed by atoms with Crippen LogP contribution in [0.4, 0.5) is 0 Å². The fraction of sp³-hybridized carbons (Fsp3) is 0.261. The minimum atomic E-state index is -0.199. The molecule has 5 nitrogen and oxygen atoms in total. The molecule has 4 rings (SSSR count). The first-order valence-corrected chi connectivity index (χ1v) is 12.7. The van der Waals surface area contributed by atoms with Crippen molar-refractivity contribution in [3.8, 4) is 16.3 Å². The van der Waals surface area contributed by atoms with Crippen LogP contribution in [0.5, 0.6) is 5.75 Å². The Morgan fingerprint density at radius 1 is 1.16 bits per heavy atom. The molecule has 0 bridgehead atoms. The molecular weight excluding hydrogens is 492 g/mol. The van der Waals surface area contributed by atoms with E-state index in [0.717, 1.165) is 44.2 Å². The van der Waals surface area contributed by atoms with Gasteiger partial charge in [0.25, 0.3) is 0 Å². The van der Waals surface area contributed by atoms with Crippen LogP contribution in [-0.4, -0.2) is 19.7 Å². The third kappa shape index (κ3) is 5.37. The summed E-state index contributed by atoms with van der Waals surface area (Å²) in [5.74, 6) is 2.39. The molecule has 1 unspecified atom stereocenters. The molecule has 8 heteroatoms. The predicted molar refractivity (Wildman–Crippen MR) is 131 cm³/mol. The highest BCUT2D eigenvalue weighted by atomic mass is 79.9. The highest BCUT2D eigenvalue weighted by Crippen LogP contribution is 2.30. The molecule has 2 aromatic heterocycles. The van der Waals surface area contributed by atoms with Crippen LogP contribution in [0.25, 0.3) is 10.6 Å². The quantitative estimate of drug-likeness (QED) is 0.238. The summed E-state index contributed by atoms with van der Waals surface area (Å²) in [6.45, 7) is 6.98. The van der Waals surface area contributed by atoms with Gasteiger partial charge in [0, 0.05) is 27.7 Å². The predicted octanol–water partition coefficient (Wildman–Crippen LogP) is 6.92. The van der Waals surface area contributed by atoms with Gasteiger partial charge >= 0.3 is 0 Å². The number of hydrogen-bond donors (Lipinski definition) is 0. The maximum Gasteiger partial charge on any atom is 0.191 e. The molecule has 0 aliphatic carbocycles. The molecular formula is C23H23BrN4OS2. The van der Waals surface area contributed by atoms with Crippen molar-refractivity contribution in [3.63, 3.8) is 0 Å². The molecule has 2 heterocycles. The molecule has 0 aliphatic rings. The van der Waals surface area contributed by atoms with Crippen molar-refractivity contribution in [2.24, 2.45) is 0 Å². The van der Waals surface area contributed by atoms with E-state index >= 15 is 0 Å². The molecule has 4 aromatic rings. The summed E-state index contributed by atoms with van der Waals surface area (Å²) in [7, 11) is 0. The van der Waals surface area contributed by atoms with Gasteiger partial charge < -0.3 is 9.30 Å².